The van der Waals surface area contributed by atoms with Gasteiger partial charge in [-0.05, 0) is 19.3 Å². The maximum absolute atomic E-state index is 12.6. The Morgan fingerprint density at radius 1 is 0.962 bits per heavy atom. The van der Waals surface area contributed by atoms with Crippen LogP contribution in [-0.4, -0.2) is 84.3 Å². The van der Waals surface area contributed by atoms with Gasteiger partial charge < -0.3 is 10.2 Å². The molecule has 3 saturated heterocycles. The van der Waals surface area contributed by atoms with E-state index in [1.807, 2.05) is 4.90 Å². The number of fused-ring (bicyclic) bond motifs is 1. The van der Waals surface area contributed by atoms with Gasteiger partial charge in [0.15, 0.2) is 0 Å². The Balaban J connectivity index is 1.27. The first-order chi connectivity index (χ1) is 12.6. The Morgan fingerprint density at radius 3 is 2.27 bits per heavy atom. The van der Waals surface area contributed by atoms with Crippen molar-refractivity contribution in [3.63, 3.8) is 0 Å². The average Bonchev–Trinajstić information content (AvgIpc) is 3.26. The van der Waals surface area contributed by atoms with Crippen LogP contribution in [0.3, 0.4) is 0 Å². The summed E-state index contributed by atoms with van der Waals surface area (Å²) >= 11 is 0. The SMILES string of the molecule is O=C(CCN1C(=O)C2CCCCC2C1=O)N1CCC(N2CCNCC2)C1. The van der Waals surface area contributed by atoms with Gasteiger partial charge in [-0.1, -0.05) is 12.8 Å². The van der Waals surface area contributed by atoms with Gasteiger partial charge in [-0.2, -0.15) is 0 Å². The van der Waals surface area contributed by atoms with Crippen molar-refractivity contribution < 1.29 is 14.4 Å². The second kappa shape index (κ2) is 7.64. The van der Waals surface area contributed by atoms with Crippen LogP contribution in [-0.2, 0) is 14.4 Å². The molecule has 4 fully saturated rings. The Labute approximate surface area is 155 Å². The topological polar surface area (TPSA) is 73.0 Å². The van der Waals surface area contributed by atoms with E-state index in [1.54, 1.807) is 0 Å². The summed E-state index contributed by atoms with van der Waals surface area (Å²) in [5, 5.41) is 3.36. The predicted molar refractivity (Wildman–Crippen MR) is 96.2 cm³/mol. The van der Waals surface area contributed by atoms with Crippen LogP contribution in [0.25, 0.3) is 0 Å². The normalized spacial score (nSPS) is 33.0. The summed E-state index contributed by atoms with van der Waals surface area (Å²) < 4.78 is 0. The molecule has 7 heteroatoms. The number of nitrogens with one attached hydrogen (secondary N) is 1. The number of nitrogens with zero attached hydrogens (tertiary/aromatic N) is 3. The Kier molecular flexibility index (Phi) is 5.27. The largest absolute Gasteiger partial charge is 0.341 e. The number of amides is 3. The number of rotatable bonds is 4. The zero-order valence-electron chi connectivity index (χ0n) is 15.5. The molecule has 0 spiro atoms. The molecule has 3 amide bonds. The number of hydrogen-bond acceptors (Lipinski definition) is 5. The first-order valence-electron chi connectivity index (χ1n) is 10.2. The van der Waals surface area contributed by atoms with Crippen molar-refractivity contribution in [1.29, 1.82) is 0 Å². The second-order valence-electron chi connectivity index (χ2n) is 8.14. The van der Waals surface area contributed by atoms with Gasteiger partial charge in [-0.3, -0.25) is 24.2 Å². The quantitative estimate of drug-likeness (QED) is 0.716. The molecule has 0 aromatic carbocycles. The fraction of sp³-hybridized carbons (Fsp3) is 0.842. The highest BCUT2D eigenvalue weighted by Gasteiger charge is 2.48. The van der Waals surface area contributed by atoms with E-state index in [0.29, 0.717) is 6.04 Å². The lowest BCUT2D eigenvalue weighted by atomic mass is 9.81. The van der Waals surface area contributed by atoms with E-state index in [-0.39, 0.29) is 42.5 Å². The maximum atomic E-state index is 12.6. The summed E-state index contributed by atoms with van der Waals surface area (Å²) in [4.78, 5) is 43.4. The minimum Gasteiger partial charge on any atom is -0.341 e. The molecule has 4 aliphatic rings. The van der Waals surface area contributed by atoms with E-state index in [2.05, 4.69) is 10.2 Å². The van der Waals surface area contributed by atoms with E-state index in [0.717, 1.165) is 71.4 Å². The third kappa shape index (κ3) is 3.39. The minimum absolute atomic E-state index is 0.0346. The second-order valence-corrected chi connectivity index (χ2v) is 8.14. The number of imide groups is 1. The summed E-state index contributed by atoms with van der Waals surface area (Å²) in [7, 11) is 0. The molecule has 144 valence electrons. The summed E-state index contributed by atoms with van der Waals surface area (Å²) in [6, 6.07) is 0.457. The molecule has 1 saturated carbocycles. The molecule has 4 rings (SSSR count). The van der Waals surface area contributed by atoms with E-state index < -0.39 is 0 Å². The summed E-state index contributed by atoms with van der Waals surface area (Å²) in [5.74, 6) is -0.219. The number of carbonyl (C=O) groups excluding carboxylic acids is 3. The van der Waals surface area contributed by atoms with Gasteiger partial charge in [-0.25, -0.2) is 0 Å². The summed E-state index contributed by atoms with van der Waals surface area (Å²) in [6.07, 6.45) is 5.03. The predicted octanol–water partition coefficient (Wildman–Crippen LogP) is 0.0578. The van der Waals surface area contributed by atoms with Gasteiger partial charge in [0.25, 0.3) is 0 Å². The van der Waals surface area contributed by atoms with Crippen LogP contribution in [0, 0.1) is 11.8 Å². The fourth-order valence-electron chi connectivity index (χ4n) is 5.13. The van der Waals surface area contributed by atoms with Crippen molar-refractivity contribution in [2.45, 2.75) is 44.6 Å². The average molecular weight is 362 g/mol. The molecule has 3 atom stereocenters. The monoisotopic (exact) mass is 362 g/mol. The van der Waals surface area contributed by atoms with Gasteiger partial charge in [-0.15, -0.1) is 0 Å². The van der Waals surface area contributed by atoms with Crippen LogP contribution in [0.4, 0.5) is 0 Å². The molecule has 1 aliphatic carbocycles. The van der Waals surface area contributed by atoms with Gasteiger partial charge in [0.05, 0.1) is 11.8 Å². The van der Waals surface area contributed by atoms with E-state index >= 15 is 0 Å². The highest BCUT2D eigenvalue weighted by Crippen LogP contribution is 2.38. The lowest BCUT2D eigenvalue weighted by Gasteiger charge is -2.32. The Bertz CT molecular complexity index is 551. The molecule has 7 nitrogen and oxygen atoms in total. The standard InChI is InChI=1S/C19H30N4O3/c24-17(22-9-5-14(13-22)21-11-7-20-8-12-21)6-10-23-18(25)15-3-1-2-4-16(15)19(23)26/h14-16,20H,1-13H2. The molecular weight excluding hydrogens is 332 g/mol. The summed E-state index contributed by atoms with van der Waals surface area (Å²) in [5.41, 5.74) is 0. The zero-order valence-corrected chi connectivity index (χ0v) is 15.5. The lowest BCUT2D eigenvalue weighted by molar-refractivity contribution is -0.140. The number of piperazine rings is 1. The molecule has 0 bridgehead atoms. The molecule has 0 aromatic rings. The molecular formula is C19H30N4O3. The van der Waals surface area contributed by atoms with E-state index in [4.69, 9.17) is 0 Å². The fourth-order valence-corrected chi connectivity index (χ4v) is 5.13. The van der Waals surface area contributed by atoms with Gasteiger partial charge >= 0.3 is 0 Å². The van der Waals surface area contributed by atoms with Crippen molar-refractivity contribution in [2.24, 2.45) is 11.8 Å². The molecule has 0 radical (unpaired) electrons. The lowest BCUT2D eigenvalue weighted by Crippen LogP contribution is -2.49. The highest BCUT2D eigenvalue weighted by molar-refractivity contribution is 6.05. The molecule has 26 heavy (non-hydrogen) atoms. The highest BCUT2D eigenvalue weighted by atomic mass is 16.2. The van der Waals surface area contributed by atoms with Crippen LogP contribution in [0.2, 0.25) is 0 Å². The smallest absolute Gasteiger partial charge is 0.233 e. The van der Waals surface area contributed by atoms with Crippen molar-refractivity contribution in [3.8, 4) is 0 Å². The minimum atomic E-state index is -0.116. The van der Waals surface area contributed by atoms with Crippen molar-refractivity contribution in [2.75, 3.05) is 45.8 Å². The molecule has 3 aliphatic heterocycles. The molecule has 0 aromatic heterocycles. The third-order valence-electron chi connectivity index (χ3n) is 6.67. The van der Waals surface area contributed by atoms with Crippen LogP contribution >= 0.6 is 0 Å². The molecule has 3 heterocycles. The van der Waals surface area contributed by atoms with Crippen LogP contribution in [0.15, 0.2) is 0 Å². The zero-order chi connectivity index (χ0) is 18.1. The summed E-state index contributed by atoms with van der Waals surface area (Å²) in [6.45, 7) is 5.97. The van der Waals surface area contributed by atoms with Crippen molar-refractivity contribution in [1.82, 2.24) is 20.0 Å². The third-order valence-corrected chi connectivity index (χ3v) is 6.67. The number of carbonyl (C=O) groups is 3. The maximum Gasteiger partial charge on any atom is 0.233 e. The van der Waals surface area contributed by atoms with E-state index in [9.17, 15) is 14.4 Å². The van der Waals surface area contributed by atoms with Gasteiger partial charge in [0.1, 0.15) is 0 Å². The Hall–Kier alpha value is -1.47. The number of likely N-dealkylation sites (tertiary alicyclic amines) is 2. The molecule has 3 unspecified atom stereocenters. The first kappa shape index (κ1) is 17.9. The van der Waals surface area contributed by atoms with Crippen molar-refractivity contribution in [3.05, 3.63) is 0 Å². The number of hydrogen-bond donors (Lipinski definition) is 1. The van der Waals surface area contributed by atoms with Crippen molar-refractivity contribution >= 4 is 17.7 Å². The Morgan fingerprint density at radius 2 is 1.62 bits per heavy atom. The van der Waals surface area contributed by atoms with Crippen LogP contribution in [0.1, 0.15) is 38.5 Å². The van der Waals surface area contributed by atoms with Gasteiger partial charge in [0.2, 0.25) is 17.7 Å². The first-order valence-corrected chi connectivity index (χ1v) is 10.2. The van der Waals surface area contributed by atoms with Crippen LogP contribution < -0.4 is 5.32 Å². The van der Waals surface area contributed by atoms with Gasteiger partial charge in [0, 0.05) is 58.3 Å². The van der Waals surface area contributed by atoms with E-state index in [1.165, 1.54) is 4.90 Å². The van der Waals surface area contributed by atoms with Crippen LogP contribution in [0.5, 0.6) is 0 Å². The molecule has 1 N–H and O–H groups in total.